The molecule has 0 bridgehead atoms. The highest BCUT2D eigenvalue weighted by Gasteiger charge is 2.23. The Morgan fingerprint density at radius 3 is 2.52 bits per heavy atom. The lowest BCUT2D eigenvalue weighted by Crippen LogP contribution is -2.33. The minimum absolute atomic E-state index is 0.261. The van der Waals surface area contributed by atoms with E-state index in [9.17, 15) is 4.79 Å². The summed E-state index contributed by atoms with van der Waals surface area (Å²) in [5.74, 6) is 1.24. The number of halogens is 1. The Balaban J connectivity index is 1.58. The predicted molar refractivity (Wildman–Crippen MR) is 118 cm³/mol. The van der Waals surface area contributed by atoms with Gasteiger partial charge in [0.25, 0.3) is 0 Å². The van der Waals surface area contributed by atoms with E-state index in [0.29, 0.717) is 22.4 Å². The average Bonchev–Trinajstić information content (AvgIpc) is 3.28. The zero-order valence-electron chi connectivity index (χ0n) is 16.6. The number of rotatable bonds is 6. The smallest absolute Gasteiger partial charge is 0.320 e. The van der Waals surface area contributed by atoms with Crippen LogP contribution in [-0.4, -0.2) is 23.3 Å². The number of benzene rings is 3. The monoisotopic (exact) mass is 434 g/mol. The molecule has 0 aliphatic carbocycles. The molecule has 2 N–H and O–H groups in total. The van der Waals surface area contributed by atoms with Crippen LogP contribution in [0.5, 0.6) is 5.75 Å². The van der Waals surface area contributed by atoms with Gasteiger partial charge in [0, 0.05) is 22.3 Å². The number of ether oxygens (including phenoxy) is 1. The molecule has 2 amide bonds. The molecule has 1 heterocycles. The van der Waals surface area contributed by atoms with E-state index < -0.39 is 12.1 Å². The Bertz CT molecular complexity index is 1160. The van der Waals surface area contributed by atoms with Gasteiger partial charge in [-0.25, -0.2) is 4.79 Å². The Hall–Kier alpha value is -3.84. The molecule has 31 heavy (non-hydrogen) atoms. The number of carbonyl (C=O) groups is 1. The first-order valence-electron chi connectivity index (χ1n) is 9.48. The van der Waals surface area contributed by atoms with Gasteiger partial charge in [0.2, 0.25) is 11.8 Å². The Kier molecular flexibility index (Phi) is 6.14. The molecule has 7 nitrogen and oxygen atoms in total. The molecule has 0 fully saturated rings. The highest BCUT2D eigenvalue weighted by atomic mass is 35.5. The molecule has 4 aromatic rings. The molecule has 0 saturated carbocycles. The van der Waals surface area contributed by atoms with Gasteiger partial charge < -0.3 is 19.8 Å². The van der Waals surface area contributed by atoms with Gasteiger partial charge in [-0.15, -0.1) is 10.2 Å². The van der Waals surface area contributed by atoms with Gasteiger partial charge in [0.1, 0.15) is 11.8 Å². The van der Waals surface area contributed by atoms with E-state index in [1.165, 1.54) is 0 Å². The van der Waals surface area contributed by atoms with Crippen molar-refractivity contribution in [2.24, 2.45) is 0 Å². The standard InChI is InChI=1S/C23H19ClN4O3/c1-30-19-9-5-8-18(14-19)25-23(29)26-20(15-6-3-2-4-7-15)22-28-27-21(31-22)16-10-12-17(24)13-11-16/h2-14,20H,1H3,(H2,25,26,29). The third kappa shape index (κ3) is 5.02. The van der Waals surface area contributed by atoms with Crippen molar-refractivity contribution >= 4 is 23.3 Å². The summed E-state index contributed by atoms with van der Waals surface area (Å²) in [6.07, 6.45) is 0. The normalized spacial score (nSPS) is 11.5. The second-order valence-corrected chi connectivity index (χ2v) is 7.06. The van der Waals surface area contributed by atoms with Crippen LogP contribution in [0, 0.1) is 0 Å². The number of nitrogens with zero attached hydrogens (tertiary/aromatic N) is 2. The summed E-state index contributed by atoms with van der Waals surface area (Å²) in [4.78, 5) is 12.7. The maximum Gasteiger partial charge on any atom is 0.320 e. The molecule has 0 radical (unpaired) electrons. The topological polar surface area (TPSA) is 89.3 Å². The van der Waals surface area contributed by atoms with E-state index >= 15 is 0 Å². The van der Waals surface area contributed by atoms with Gasteiger partial charge in [-0.3, -0.25) is 0 Å². The molecular formula is C23H19ClN4O3. The molecule has 4 rings (SSSR count). The van der Waals surface area contributed by atoms with Crippen LogP contribution in [0.3, 0.4) is 0 Å². The molecule has 3 aromatic carbocycles. The first-order valence-corrected chi connectivity index (χ1v) is 9.86. The van der Waals surface area contributed by atoms with Gasteiger partial charge in [-0.1, -0.05) is 48.0 Å². The largest absolute Gasteiger partial charge is 0.497 e. The maximum absolute atomic E-state index is 12.7. The van der Waals surface area contributed by atoms with Crippen molar-refractivity contribution in [1.29, 1.82) is 0 Å². The van der Waals surface area contributed by atoms with Crippen LogP contribution >= 0.6 is 11.6 Å². The van der Waals surface area contributed by atoms with Crippen LogP contribution in [-0.2, 0) is 0 Å². The molecule has 8 heteroatoms. The lowest BCUT2D eigenvalue weighted by atomic mass is 10.1. The second kappa shape index (κ2) is 9.32. The average molecular weight is 435 g/mol. The van der Waals surface area contributed by atoms with E-state index in [4.69, 9.17) is 20.8 Å². The fourth-order valence-corrected chi connectivity index (χ4v) is 3.12. The number of hydrogen-bond acceptors (Lipinski definition) is 5. The van der Waals surface area contributed by atoms with Gasteiger partial charge >= 0.3 is 6.03 Å². The van der Waals surface area contributed by atoms with Gasteiger partial charge in [-0.2, -0.15) is 0 Å². The quantitative estimate of drug-likeness (QED) is 0.429. The van der Waals surface area contributed by atoms with E-state index in [0.717, 1.165) is 11.1 Å². The number of aromatic nitrogens is 2. The van der Waals surface area contributed by atoms with Crippen molar-refractivity contribution in [2.75, 3.05) is 12.4 Å². The number of nitrogens with one attached hydrogen (secondary N) is 2. The highest BCUT2D eigenvalue weighted by Crippen LogP contribution is 2.26. The van der Waals surface area contributed by atoms with Crippen molar-refractivity contribution in [2.45, 2.75) is 6.04 Å². The van der Waals surface area contributed by atoms with Gasteiger partial charge in [-0.05, 0) is 42.0 Å². The number of anilines is 1. The molecular weight excluding hydrogens is 416 g/mol. The number of urea groups is 1. The van der Waals surface area contributed by atoms with Gasteiger partial charge in [0.05, 0.1) is 7.11 Å². The lowest BCUT2D eigenvalue weighted by molar-refractivity contribution is 0.248. The van der Waals surface area contributed by atoms with E-state index in [1.807, 2.05) is 30.3 Å². The molecule has 0 aliphatic rings. The Labute approximate surface area is 184 Å². The van der Waals surface area contributed by atoms with Gasteiger partial charge in [0.15, 0.2) is 0 Å². The fourth-order valence-electron chi connectivity index (χ4n) is 2.99. The van der Waals surface area contributed by atoms with Crippen molar-refractivity contribution in [3.8, 4) is 17.2 Å². The van der Waals surface area contributed by atoms with Crippen LogP contribution in [0.2, 0.25) is 5.02 Å². The molecule has 156 valence electrons. The lowest BCUT2D eigenvalue weighted by Gasteiger charge is -2.16. The highest BCUT2D eigenvalue weighted by molar-refractivity contribution is 6.30. The van der Waals surface area contributed by atoms with E-state index in [1.54, 1.807) is 55.6 Å². The number of hydrogen-bond donors (Lipinski definition) is 2. The summed E-state index contributed by atoms with van der Waals surface area (Å²) >= 11 is 5.95. The third-order valence-corrected chi connectivity index (χ3v) is 4.77. The van der Waals surface area contributed by atoms with Crippen molar-refractivity contribution < 1.29 is 13.9 Å². The summed E-state index contributed by atoms with van der Waals surface area (Å²) in [5, 5.41) is 14.6. The number of carbonyl (C=O) groups excluding carboxylic acids is 1. The fraction of sp³-hybridized carbons (Fsp3) is 0.0870. The zero-order chi connectivity index (χ0) is 21.6. The Morgan fingerprint density at radius 2 is 1.77 bits per heavy atom. The first kappa shape index (κ1) is 20.4. The molecule has 0 spiro atoms. The summed E-state index contributed by atoms with van der Waals surface area (Å²) in [6, 6.07) is 22.5. The van der Waals surface area contributed by atoms with E-state index in [-0.39, 0.29) is 5.89 Å². The second-order valence-electron chi connectivity index (χ2n) is 6.63. The zero-order valence-corrected chi connectivity index (χ0v) is 17.3. The summed E-state index contributed by atoms with van der Waals surface area (Å²) in [6.45, 7) is 0. The summed E-state index contributed by atoms with van der Waals surface area (Å²) in [7, 11) is 1.57. The molecule has 1 atom stereocenters. The predicted octanol–water partition coefficient (Wildman–Crippen LogP) is 5.31. The SMILES string of the molecule is COc1cccc(NC(=O)NC(c2ccccc2)c2nnc(-c3ccc(Cl)cc3)o2)c1. The van der Waals surface area contributed by atoms with Crippen LogP contribution < -0.4 is 15.4 Å². The maximum atomic E-state index is 12.7. The minimum Gasteiger partial charge on any atom is -0.497 e. The van der Waals surface area contributed by atoms with Crippen LogP contribution in [0.4, 0.5) is 10.5 Å². The van der Waals surface area contributed by atoms with E-state index in [2.05, 4.69) is 20.8 Å². The van der Waals surface area contributed by atoms with Crippen molar-refractivity contribution in [1.82, 2.24) is 15.5 Å². The summed E-state index contributed by atoms with van der Waals surface area (Å²) in [5.41, 5.74) is 2.13. The van der Waals surface area contributed by atoms with Crippen LogP contribution in [0.15, 0.2) is 83.3 Å². The summed E-state index contributed by atoms with van der Waals surface area (Å²) < 4.78 is 11.1. The molecule has 1 aromatic heterocycles. The minimum atomic E-state index is -0.639. The van der Waals surface area contributed by atoms with Crippen molar-refractivity contribution in [3.05, 3.63) is 95.3 Å². The van der Waals surface area contributed by atoms with Crippen LogP contribution in [0.1, 0.15) is 17.5 Å². The molecule has 1 unspecified atom stereocenters. The number of amides is 2. The molecule has 0 aliphatic heterocycles. The number of methoxy groups -OCH3 is 1. The van der Waals surface area contributed by atoms with Crippen LogP contribution in [0.25, 0.3) is 11.5 Å². The Morgan fingerprint density at radius 1 is 1.00 bits per heavy atom. The van der Waals surface area contributed by atoms with Crippen molar-refractivity contribution in [3.63, 3.8) is 0 Å². The molecule has 0 saturated heterocycles. The third-order valence-electron chi connectivity index (χ3n) is 4.51. The first-order chi connectivity index (χ1) is 15.1.